The van der Waals surface area contributed by atoms with Crippen LogP contribution in [0.2, 0.25) is 5.02 Å². The summed E-state index contributed by atoms with van der Waals surface area (Å²) in [6, 6.07) is 11.0. The molecule has 1 aliphatic heterocycles. The highest BCUT2D eigenvalue weighted by molar-refractivity contribution is 6.32. The predicted molar refractivity (Wildman–Crippen MR) is 81.3 cm³/mol. The number of aryl methyl sites for hydroxylation is 1. The minimum atomic E-state index is -0.233. The minimum absolute atomic E-state index is 0.124. The maximum absolute atomic E-state index is 12.3. The molecule has 0 aliphatic carbocycles. The van der Waals surface area contributed by atoms with E-state index < -0.39 is 0 Å². The Balaban J connectivity index is 1.84. The predicted octanol–water partition coefficient (Wildman–Crippen LogP) is 3.88. The van der Waals surface area contributed by atoms with Crippen LogP contribution in [-0.4, -0.2) is 12.7 Å². The second kappa shape index (κ2) is 5.66. The van der Waals surface area contributed by atoms with Gasteiger partial charge in [0.25, 0.3) is 5.91 Å². The molecule has 0 bridgehead atoms. The van der Waals surface area contributed by atoms with Gasteiger partial charge in [0.05, 0.1) is 5.02 Å². The molecule has 1 aliphatic rings. The van der Waals surface area contributed by atoms with E-state index in [0.717, 1.165) is 17.7 Å². The molecule has 1 N–H and O–H groups in total. The average Bonchev–Trinajstić information content (AvgIpc) is 2.96. The van der Waals surface area contributed by atoms with Gasteiger partial charge in [-0.3, -0.25) is 4.79 Å². The van der Waals surface area contributed by atoms with Gasteiger partial charge in [-0.05, 0) is 36.2 Å². The maximum atomic E-state index is 12.3. The lowest BCUT2D eigenvalue weighted by atomic mass is 10.1. The highest BCUT2D eigenvalue weighted by Crippen LogP contribution is 2.39. The lowest BCUT2D eigenvalue weighted by molar-refractivity contribution is 0.102. The molecule has 0 saturated carbocycles. The van der Waals surface area contributed by atoms with Crippen LogP contribution in [0.25, 0.3) is 0 Å². The van der Waals surface area contributed by atoms with Gasteiger partial charge in [0.2, 0.25) is 6.79 Å². The van der Waals surface area contributed by atoms with Crippen LogP contribution in [0.4, 0.5) is 5.69 Å². The van der Waals surface area contributed by atoms with Crippen molar-refractivity contribution in [2.75, 3.05) is 12.1 Å². The van der Waals surface area contributed by atoms with Crippen LogP contribution in [0.1, 0.15) is 22.8 Å². The molecule has 0 atom stereocenters. The van der Waals surface area contributed by atoms with E-state index in [4.69, 9.17) is 21.1 Å². The Morgan fingerprint density at radius 3 is 2.95 bits per heavy atom. The number of carbonyl (C=O) groups excluding carboxylic acids is 1. The fraction of sp³-hybridized carbons (Fsp3) is 0.188. The quantitative estimate of drug-likeness (QED) is 0.936. The summed E-state index contributed by atoms with van der Waals surface area (Å²) in [5, 5.41) is 3.23. The van der Waals surface area contributed by atoms with E-state index >= 15 is 0 Å². The van der Waals surface area contributed by atoms with Crippen LogP contribution in [0.5, 0.6) is 11.5 Å². The van der Waals surface area contributed by atoms with E-state index in [1.807, 2.05) is 24.3 Å². The first-order valence-electron chi connectivity index (χ1n) is 6.67. The van der Waals surface area contributed by atoms with E-state index in [1.54, 1.807) is 12.1 Å². The Kier molecular flexibility index (Phi) is 3.71. The molecular weight excluding hydrogens is 290 g/mol. The summed E-state index contributed by atoms with van der Waals surface area (Å²) in [5.41, 5.74) is 2.36. The van der Waals surface area contributed by atoms with Gasteiger partial charge in [0.15, 0.2) is 11.5 Å². The number of carbonyl (C=O) groups is 1. The highest BCUT2D eigenvalue weighted by Gasteiger charge is 2.20. The number of amides is 1. The first-order chi connectivity index (χ1) is 10.2. The van der Waals surface area contributed by atoms with Gasteiger partial charge in [-0.15, -0.1) is 0 Å². The lowest BCUT2D eigenvalue weighted by Gasteiger charge is -2.08. The third-order valence-corrected chi connectivity index (χ3v) is 3.56. The molecule has 0 aromatic heterocycles. The second-order valence-electron chi connectivity index (χ2n) is 4.70. The zero-order valence-corrected chi connectivity index (χ0v) is 12.2. The number of rotatable bonds is 3. The van der Waals surface area contributed by atoms with E-state index in [9.17, 15) is 4.79 Å². The molecule has 2 aromatic rings. The fourth-order valence-corrected chi connectivity index (χ4v) is 2.44. The topological polar surface area (TPSA) is 47.6 Å². The average molecular weight is 304 g/mol. The van der Waals surface area contributed by atoms with Gasteiger partial charge in [0.1, 0.15) is 0 Å². The maximum Gasteiger partial charge on any atom is 0.255 e. The summed E-state index contributed by atoms with van der Waals surface area (Å²) in [7, 11) is 0. The van der Waals surface area contributed by atoms with Gasteiger partial charge >= 0.3 is 0 Å². The molecule has 0 fully saturated rings. The van der Waals surface area contributed by atoms with Crippen LogP contribution in [0.3, 0.4) is 0 Å². The van der Waals surface area contributed by atoms with Crippen molar-refractivity contribution in [3.63, 3.8) is 0 Å². The molecule has 5 heteroatoms. The summed E-state index contributed by atoms with van der Waals surface area (Å²) in [6.07, 6.45) is 0.916. The van der Waals surface area contributed by atoms with Crippen LogP contribution in [0.15, 0.2) is 36.4 Å². The number of benzene rings is 2. The van der Waals surface area contributed by atoms with E-state index in [1.165, 1.54) is 0 Å². The number of anilines is 1. The Hall–Kier alpha value is -2.20. The Morgan fingerprint density at radius 1 is 1.29 bits per heavy atom. The van der Waals surface area contributed by atoms with Gasteiger partial charge in [-0.25, -0.2) is 0 Å². The number of halogens is 1. The second-order valence-corrected chi connectivity index (χ2v) is 5.11. The van der Waals surface area contributed by atoms with Gasteiger partial charge < -0.3 is 14.8 Å². The largest absolute Gasteiger partial charge is 0.454 e. The SMILES string of the molecule is CCc1cccc(NC(=O)c2cc(Cl)c3c(c2)OCO3)c1. The molecule has 4 nitrogen and oxygen atoms in total. The van der Waals surface area contributed by atoms with Crippen molar-refractivity contribution in [3.05, 3.63) is 52.5 Å². The summed E-state index contributed by atoms with van der Waals surface area (Å²) in [4.78, 5) is 12.3. The fourth-order valence-electron chi connectivity index (χ4n) is 2.17. The molecular formula is C16H14ClNO3. The molecule has 0 radical (unpaired) electrons. The molecule has 21 heavy (non-hydrogen) atoms. The first-order valence-corrected chi connectivity index (χ1v) is 7.04. The number of hydrogen-bond acceptors (Lipinski definition) is 3. The Bertz CT molecular complexity index is 700. The molecule has 0 unspecified atom stereocenters. The van der Waals surface area contributed by atoms with Crippen LogP contribution < -0.4 is 14.8 Å². The molecule has 0 spiro atoms. The normalized spacial score (nSPS) is 12.3. The summed E-state index contributed by atoms with van der Waals surface area (Å²) in [6.45, 7) is 2.19. The van der Waals surface area contributed by atoms with Gasteiger partial charge in [0, 0.05) is 11.3 Å². The minimum Gasteiger partial charge on any atom is -0.454 e. The number of ether oxygens (including phenoxy) is 2. The standard InChI is InChI=1S/C16H14ClNO3/c1-2-10-4-3-5-12(6-10)18-16(19)11-7-13(17)15-14(8-11)20-9-21-15/h3-8H,2,9H2,1H3,(H,18,19). The third kappa shape index (κ3) is 2.81. The number of nitrogens with one attached hydrogen (secondary N) is 1. The smallest absolute Gasteiger partial charge is 0.255 e. The van der Waals surface area contributed by atoms with Crippen LogP contribution in [-0.2, 0) is 6.42 Å². The summed E-state index contributed by atoms with van der Waals surface area (Å²) < 4.78 is 10.5. The van der Waals surface area contributed by atoms with Gasteiger partial charge in [-0.1, -0.05) is 30.7 Å². The Morgan fingerprint density at radius 2 is 2.14 bits per heavy atom. The van der Waals surface area contributed by atoms with Crippen LogP contribution >= 0.6 is 11.6 Å². The summed E-state index contributed by atoms with van der Waals surface area (Å²) >= 11 is 6.08. The van der Waals surface area contributed by atoms with E-state index in [-0.39, 0.29) is 12.7 Å². The molecule has 1 heterocycles. The number of fused-ring (bicyclic) bond motifs is 1. The highest BCUT2D eigenvalue weighted by atomic mass is 35.5. The van der Waals surface area contributed by atoms with Crippen molar-refractivity contribution < 1.29 is 14.3 Å². The van der Waals surface area contributed by atoms with Crippen molar-refractivity contribution in [1.82, 2.24) is 0 Å². The first kappa shape index (κ1) is 13.8. The lowest BCUT2D eigenvalue weighted by Crippen LogP contribution is -2.12. The number of hydrogen-bond donors (Lipinski definition) is 1. The molecule has 0 saturated heterocycles. The van der Waals surface area contributed by atoms with Crippen molar-refractivity contribution in [3.8, 4) is 11.5 Å². The monoisotopic (exact) mass is 303 g/mol. The Labute approximate surface area is 127 Å². The summed E-state index contributed by atoms with van der Waals surface area (Å²) in [5.74, 6) is 0.750. The molecule has 1 amide bonds. The zero-order valence-electron chi connectivity index (χ0n) is 11.5. The van der Waals surface area contributed by atoms with Crippen molar-refractivity contribution in [2.45, 2.75) is 13.3 Å². The third-order valence-electron chi connectivity index (χ3n) is 3.28. The van der Waals surface area contributed by atoms with Crippen LogP contribution in [0, 0.1) is 0 Å². The van der Waals surface area contributed by atoms with Gasteiger partial charge in [-0.2, -0.15) is 0 Å². The molecule has 3 rings (SSSR count). The molecule has 2 aromatic carbocycles. The van der Waals surface area contributed by atoms with E-state index in [0.29, 0.717) is 22.1 Å². The zero-order chi connectivity index (χ0) is 14.8. The van der Waals surface area contributed by atoms with Crippen molar-refractivity contribution >= 4 is 23.2 Å². The molecule has 108 valence electrons. The van der Waals surface area contributed by atoms with Crippen molar-refractivity contribution in [1.29, 1.82) is 0 Å². The van der Waals surface area contributed by atoms with E-state index in [2.05, 4.69) is 12.2 Å². The van der Waals surface area contributed by atoms with Crippen molar-refractivity contribution in [2.24, 2.45) is 0 Å².